The van der Waals surface area contributed by atoms with E-state index in [9.17, 15) is 24.2 Å². The number of carbonyl (C=O) groups excluding carboxylic acids is 2. The topological polar surface area (TPSA) is 149 Å². The van der Waals surface area contributed by atoms with E-state index in [4.69, 9.17) is 19.1 Å². The van der Waals surface area contributed by atoms with Crippen LogP contribution in [0.4, 0.5) is 0 Å². The standard InChI is InChI=1S/C41H73O10P/c1-3-5-7-9-11-13-15-17-18-19-21-23-25-27-29-31-33-41(45)51-39(37-50-52(46,47)49-35-38(43)34-42)36-48-40(44)32-30-28-26-24-22-20-16-14-12-10-8-6-4-2/h8,10,13-16,18-19,38-39,42-43H,3-7,9,11-12,17,20-37H2,1-2H3,(H,46,47)/b10-8-,15-13-,16-14-,19-18-. The van der Waals surface area contributed by atoms with Gasteiger partial charge in [-0.25, -0.2) is 4.57 Å². The third-order valence-corrected chi connectivity index (χ3v) is 9.14. The summed E-state index contributed by atoms with van der Waals surface area (Å²) < 4.78 is 32.6. The largest absolute Gasteiger partial charge is 0.472 e. The van der Waals surface area contributed by atoms with Crippen molar-refractivity contribution in [3.05, 3.63) is 48.6 Å². The third-order valence-electron chi connectivity index (χ3n) is 8.19. The quantitative estimate of drug-likeness (QED) is 0.0242. The van der Waals surface area contributed by atoms with E-state index in [-0.39, 0.29) is 19.4 Å². The second-order valence-electron chi connectivity index (χ2n) is 13.3. The molecule has 10 nitrogen and oxygen atoms in total. The van der Waals surface area contributed by atoms with Crippen molar-refractivity contribution in [2.75, 3.05) is 26.4 Å². The number of esters is 2. The fourth-order valence-corrected chi connectivity index (χ4v) is 5.85. The number of hydrogen-bond donors (Lipinski definition) is 3. The number of phosphoric ester groups is 1. The molecule has 0 fully saturated rings. The second kappa shape index (κ2) is 37.3. The maximum atomic E-state index is 12.6. The number of rotatable bonds is 37. The molecule has 0 aromatic carbocycles. The second-order valence-corrected chi connectivity index (χ2v) is 14.8. The van der Waals surface area contributed by atoms with E-state index in [1.54, 1.807) is 0 Å². The molecular weight excluding hydrogens is 683 g/mol. The lowest BCUT2D eigenvalue weighted by molar-refractivity contribution is -0.161. The Morgan fingerprint density at radius 2 is 1.04 bits per heavy atom. The van der Waals surface area contributed by atoms with E-state index in [1.165, 1.54) is 32.1 Å². The molecule has 3 atom stereocenters. The van der Waals surface area contributed by atoms with Gasteiger partial charge in [0.15, 0.2) is 6.10 Å². The Bertz CT molecular complexity index is 1010. The van der Waals surface area contributed by atoms with Gasteiger partial charge < -0.3 is 24.6 Å². The summed E-state index contributed by atoms with van der Waals surface area (Å²) in [5.41, 5.74) is 0. The van der Waals surface area contributed by atoms with Gasteiger partial charge in [-0.1, -0.05) is 127 Å². The Morgan fingerprint density at radius 3 is 1.56 bits per heavy atom. The van der Waals surface area contributed by atoms with Crippen LogP contribution in [0.1, 0.15) is 162 Å². The molecule has 3 unspecified atom stereocenters. The molecule has 0 aromatic heterocycles. The smallest absolute Gasteiger partial charge is 0.462 e. The van der Waals surface area contributed by atoms with Crippen LogP contribution < -0.4 is 0 Å². The molecule has 52 heavy (non-hydrogen) atoms. The monoisotopic (exact) mass is 756 g/mol. The molecule has 0 aliphatic carbocycles. The van der Waals surface area contributed by atoms with Crippen molar-refractivity contribution in [2.45, 2.75) is 174 Å². The summed E-state index contributed by atoms with van der Waals surface area (Å²) in [5, 5.41) is 18.3. The average Bonchev–Trinajstić information content (AvgIpc) is 3.13. The Balaban J connectivity index is 4.39. The van der Waals surface area contributed by atoms with Gasteiger partial charge in [-0.2, -0.15) is 0 Å². The van der Waals surface area contributed by atoms with Crippen molar-refractivity contribution in [1.82, 2.24) is 0 Å². The number of ether oxygens (including phenoxy) is 2. The van der Waals surface area contributed by atoms with Gasteiger partial charge in [0.2, 0.25) is 0 Å². The van der Waals surface area contributed by atoms with E-state index >= 15 is 0 Å². The molecule has 0 rings (SSSR count). The van der Waals surface area contributed by atoms with Crippen molar-refractivity contribution in [1.29, 1.82) is 0 Å². The van der Waals surface area contributed by atoms with Crippen LogP contribution in [0.2, 0.25) is 0 Å². The van der Waals surface area contributed by atoms with Gasteiger partial charge in [0, 0.05) is 12.8 Å². The van der Waals surface area contributed by atoms with Crippen molar-refractivity contribution in [3.8, 4) is 0 Å². The van der Waals surface area contributed by atoms with Crippen LogP contribution in [-0.2, 0) is 32.7 Å². The number of aliphatic hydroxyl groups excluding tert-OH is 2. The van der Waals surface area contributed by atoms with Gasteiger partial charge in [0.05, 0.1) is 19.8 Å². The van der Waals surface area contributed by atoms with Crippen LogP contribution in [0.15, 0.2) is 48.6 Å². The van der Waals surface area contributed by atoms with Crippen molar-refractivity contribution in [3.63, 3.8) is 0 Å². The lowest BCUT2D eigenvalue weighted by Gasteiger charge is -2.20. The van der Waals surface area contributed by atoms with Crippen LogP contribution in [-0.4, -0.2) is 65.7 Å². The van der Waals surface area contributed by atoms with E-state index in [0.717, 1.165) is 89.9 Å². The van der Waals surface area contributed by atoms with Crippen LogP contribution in [0.5, 0.6) is 0 Å². The first kappa shape index (κ1) is 49.9. The van der Waals surface area contributed by atoms with Crippen LogP contribution in [0.3, 0.4) is 0 Å². The maximum Gasteiger partial charge on any atom is 0.472 e. The zero-order valence-electron chi connectivity index (χ0n) is 32.5. The first-order valence-electron chi connectivity index (χ1n) is 20.1. The number of phosphoric acid groups is 1. The Kier molecular flexibility index (Phi) is 35.8. The zero-order chi connectivity index (χ0) is 38.4. The summed E-state index contributed by atoms with van der Waals surface area (Å²) in [4.78, 5) is 34.9. The summed E-state index contributed by atoms with van der Waals surface area (Å²) in [6, 6.07) is 0. The van der Waals surface area contributed by atoms with Crippen LogP contribution in [0, 0.1) is 0 Å². The number of unbranched alkanes of at least 4 members (excludes halogenated alkanes) is 15. The minimum absolute atomic E-state index is 0.164. The lowest BCUT2D eigenvalue weighted by atomic mass is 10.1. The minimum atomic E-state index is -4.62. The zero-order valence-corrected chi connectivity index (χ0v) is 33.4. The fourth-order valence-electron chi connectivity index (χ4n) is 5.06. The van der Waals surface area contributed by atoms with E-state index < -0.39 is 51.8 Å². The highest BCUT2D eigenvalue weighted by atomic mass is 31.2. The molecule has 0 saturated heterocycles. The van der Waals surface area contributed by atoms with Gasteiger partial charge in [-0.15, -0.1) is 0 Å². The molecule has 0 bridgehead atoms. The van der Waals surface area contributed by atoms with Gasteiger partial charge in [0.1, 0.15) is 12.7 Å². The Hall–Kier alpha value is -2.07. The van der Waals surface area contributed by atoms with E-state index in [1.807, 2.05) is 0 Å². The Morgan fingerprint density at radius 1 is 0.577 bits per heavy atom. The molecule has 3 N–H and O–H groups in total. The summed E-state index contributed by atoms with van der Waals surface area (Å²) in [7, 11) is -4.62. The average molecular weight is 757 g/mol. The molecule has 0 spiro atoms. The molecule has 0 heterocycles. The van der Waals surface area contributed by atoms with Gasteiger partial charge >= 0.3 is 19.8 Å². The molecule has 11 heteroatoms. The normalized spacial score (nSPS) is 14.5. The van der Waals surface area contributed by atoms with Crippen molar-refractivity contribution < 1.29 is 47.8 Å². The Labute approximate surface area is 315 Å². The van der Waals surface area contributed by atoms with Gasteiger partial charge in [0.25, 0.3) is 0 Å². The molecule has 0 aliphatic heterocycles. The van der Waals surface area contributed by atoms with Crippen molar-refractivity contribution >= 4 is 19.8 Å². The maximum absolute atomic E-state index is 12.6. The molecule has 0 aromatic rings. The number of allylic oxidation sites excluding steroid dienone is 8. The molecule has 0 aliphatic rings. The fraction of sp³-hybridized carbons (Fsp3) is 0.756. The number of hydrogen-bond acceptors (Lipinski definition) is 9. The van der Waals surface area contributed by atoms with E-state index in [2.05, 4.69) is 67.0 Å². The van der Waals surface area contributed by atoms with Crippen LogP contribution >= 0.6 is 7.82 Å². The minimum Gasteiger partial charge on any atom is -0.462 e. The third kappa shape index (κ3) is 36.3. The first-order chi connectivity index (χ1) is 25.2. The summed E-state index contributed by atoms with van der Waals surface area (Å²) >= 11 is 0. The summed E-state index contributed by atoms with van der Waals surface area (Å²) in [6.07, 6.45) is 37.9. The molecule has 0 amide bonds. The summed E-state index contributed by atoms with van der Waals surface area (Å²) in [5.74, 6) is -0.961. The molecule has 0 radical (unpaired) electrons. The molecular formula is C41H73O10P. The number of aliphatic hydroxyl groups is 2. The van der Waals surface area contributed by atoms with E-state index in [0.29, 0.717) is 12.8 Å². The predicted octanol–water partition coefficient (Wildman–Crippen LogP) is 10.2. The highest BCUT2D eigenvalue weighted by Gasteiger charge is 2.27. The van der Waals surface area contributed by atoms with Gasteiger partial charge in [-0.05, 0) is 70.6 Å². The lowest BCUT2D eigenvalue weighted by Crippen LogP contribution is -2.29. The van der Waals surface area contributed by atoms with Crippen LogP contribution in [0.25, 0.3) is 0 Å². The highest BCUT2D eigenvalue weighted by molar-refractivity contribution is 7.47. The van der Waals surface area contributed by atoms with Crippen molar-refractivity contribution in [2.24, 2.45) is 0 Å². The highest BCUT2D eigenvalue weighted by Crippen LogP contribution is 2.43. The molecule has 302 valence electrons. The number of carbonyl (C=O) groups is 2. The molecule has 0 saturated carbocycles. The predicted molar refractivity (Wildman–Crippen MR) is 210 cm³/mol. The first-order valence-corrected chi connectivity index (χ1v) is 21.6. The summed E-state index contributed by atoms with van der Waals surface area (Å²) in [6.45, 7) is 2.25. The van der Waals surface area contributed by atoms with Gasteiger partial charge in [-0.3, -0.25) is 18.6 Å². The SMILES string of the molecule is CCC/C=C\C/C=C\CCCCCCCC(=O)OCC(COP(=O)(O)OCC(O)CO)OC(=O)CCCCCCC/C=C\C/C=C\CCCCCC.